The van der Waals surface area contributed by atoms with Gasteiger partial charge in [0.2, 0.25) is 0 Å². The van der Waals surface area contributed by atoms with Gasteiger partial charge in [-0.2, -0.15) is 0 Å². The van der Waals surface area contributed by atoms with E-state index in [9.17, 15) is 47.1 Å². The van der Waals surface area contributed by atoms with Crippen LogP contribution in [0, 0.1) is 51.0 Å². The molecule has 4 aliphatic rings. The molecule has 102 heavy (non-hydrogen) atoms. The average Bonchev–Trinajstić information content (AvgIpc) is 0.777. The van der Waals surface area contributed by atoms with E-state index in [1.807, 2.05) is 78.9 Å². The number of benzene rings is 7. The smallest absolute Gasteiger partial charge is 0.316 e. The third-order valence-corrected chi connectivity index (χ3v) is 21.1. The highest BCUT2D eigenvalue weighted by atomic mass is 19.1. The maximum Gasteiger partial charge on any atom is 0.316 e. The third-order valence-electron chi connectivity index (χ3n) is 21.1. The van der Waals surface area contributed by atoms with Gasteiger partial charge >= 0.3 is 17.9 Å². The molecule has 3 aromatic heterocycles. The monoisotopic (exact) mass is 1380 g/mol. The summed E-state index contributed by atoms with van der Waals surface area (Å²) in [5.41, 5.74) is 15.3. The first kappa shape index (κ1) is 72.3. The Labute approximate surface area is 589 Å². The summed E-state index contributed by atoms with van der Waals surface area (Å²) < 4.78 is 66.3. The van der Waals surface area contributed by atoms with Crippen LogP contribution in [-0.2, 0) is 50.3 Å². The highest BCUT2D eigenvalue weighted by Crippen LogP contribution is 2.48. The molecule has 0 aliphatic heterocycles. The van der Waals surface area contributed by atoms with E-state index in [2.05, 4.69) is 49.0 Å². The van der Waals surface area contributed by atoms with Crippen molar-refractivity contribution in [3.63, 3.8) is 0 Å². The van der Waals surface area contributed by atoms with Crippen LogP contribution < -0.4 is 5.48 Å². The first-order chi connectivity index (χ1) is 49.1. The highest BCUT2D eigenvalue weighted by molar-refractivity contribution is 5.91. The maximum atomic E-state index is 14.2. The van der Waals surface area contributed by atoms with Crippen LogP contribution in [0.2, 0.25) is 0 Å². The van der Waals surface area contributed by atoms with Gasteiger partial charge in [0.05, 0.1) is 69.0 Å². The van der Waals surface area contributed by atoms with Crippen LogP contribution in [0.15, 0.2) is 194 Å². The summed E-state index contributed by atoms with van der Waals surface area (Å²) in [5.74, 6) is -3.31. The van der Waals surface area contributed by atoms with Crippen molar-refractivity contribution in [1.82, 2.24) is 35.4 Å². The van der Waals surface area contributed by atoms with Crippen LogP contribution in [0.4, 0.5) is 17.6 Å². The average molecular weight is 1380 g/mol. The van der Waals surface area contributed by atoms with Gasteiger partial charge in [0, 0.05) is 37.2 Å². The number of hydrogen-bond acceptors (Lipinski definition) is 13. The lowest BCUT2D eigenvalue weighted by molar-refractivity contribution is -0.148. The number of fused-ring (bicyclic) bond motifs is 3. The van der Waals surface area contributed by atoms with E-state index in [0.717, 1.165) is 78.5 Å². The van der Waals surface area contributed by atoms with Crippen molar-refractivity contribution in [1.29, 1.82) is 0 Å². The molecule has 19 heteroatoms. The molecule has 4 aliphatic carbocycles. The van der Waals surface area contributed by atoms with Gasteiger partial charge < -0.3 is 14.6 Å². The van der Waals surface area contributed by atoms with Crippen LogP contribution in [-0.4, -0.2) is 78.3 Å². The number of hydroxylamine groups is 1. The molecule has 0 spiro atoms. The maximum absolute atomic E-state index is 14.2. The summed E-state index contributed by atoms with van der Waals surface area (Å²) >= 11 is 0. The molecule has 0 bridgehead atoms. The first-order valence-corrected chi connectivity index (χ1v) is 33.9. The number of carbonyl (C=O) groups is 4. The summed E-state index contributed by atoms with van der Waals surface area (Å²) in [5, 5.41) is 19.3. The Morgan fingerprint density at radius 3 is 0.980 bits per heavy atom. The first-order valence-electron chi connectivity index (χ1n) is 33.9. The molecule has 3 N–H and O–H groups in total. The topological polar surface area (TPSA) is 217 Å². The second-order valence-corrected chi connectivity index (χ2v) is 26.5. The predicted octanol–water partition coefficient (Wildman–Crippen LogP) is 17.2. The Morgan fingerprint density at radius 1 is 0.392 bits per heavy atom. The number of carbonyl (C=O) groups excluding carboxylic acids is 3. The van der Waals surface area contributed by atoms with Gasteiger partial charge in [-0.3, -0.25) is 54.3 Å². The molecule has 1 amide bonds. The van der Waals surface area contributed by atoms with Crippen molar-refractivity contribution in [2.75, 3.05) is 14.2 Å². The largest absolute Gasteiger partial charge is 0.481 e. The molecule has 4 unspecified atom stereocenters. The predicted molar refractivity (Wildman–Crippen MR) is 385 cm³/mol. The lowest BCUT2D eigenvalue weighted by Crippen LogP contribution is -2.44. The fourth-order valence-corrected chi connectivity index (χ4v) is 15.0. The van der Waals surface area contributed by atoms with Crippen LogP contribution in [0.1, 0.15) is 145 Å². The SMILES string of the molecule is COC(=O)C1(c2cccc(F)c2C)CC=C(C)CC1.COC(=O)C1(c2cccc(F)c2C)CC=C(c2ccc3nccnc3c2)CC1.Cc1c(F)cccc1C1(C(=O)NO)CC=C(c2ccc3nccnc3c2)CC1.Cc1c(F)cccc1C1(C(=O)O)CC=C(c2ccc3nccnc3c2)CC1. The summed E-state index contributed by atoms with van der Waals surface area (Å²) in [6, 6.07) is 37.1. The van der Waals surface area contributed by atoms with Crippen molar-refractivity contribution in [2.45, 2.75) is 133 Å². The molecule has 0 saturated carbocycles. The lowest BCUT2D eigenvalue weighted by Gasteiger charge is -2.36. The summed E-state index contributed by atoms with van der Waals surface area (Å²) in [4.78, 5) is 75.8. The fraction of sp³-hybridized carbons (Fsp3) is 0.277. The number of aromatic nitrogens is 6. The molecule has 0 saturated heterocycles. The van der Waals surface area contributed by atoms with Crippen molar-refractivity contribution in [3.8, 4) is 0 Å². The normalized spacial score (nSPS) is 20.1. The Balaban J connectivity index is 0.000000138. The zero-order chi connectivity index (χ0) is 72.5. The third kappa shape index (κ3) is 14.4. The van der Waals surface area contributed by atoms with Gasteiger partial charge in [-0.15, -0.1) is 0 Å². The molecule has 522 valence electrons. The van der Waals surface area contributed by atoms with E-state index in [-0.39, 0.29) is 35.2 Å². The van der Waals surface area contributed by atoms with Crippen LogP contribution in [0.5, 0.6) is 0 Å². The number of methoxy groups -OCH3 is 2. The number of rotatable bonds is 11. The molecule has 15 nitrogen and oxygen atoms in total. The molecular weight excluding hydrogens is 1300 g/mol. The van der Waals surface area contributed by atoms with Gasteiger partial charge in [-0.1, -0.05) is 96.6 Å². The van der Waals surface area contributed by atoms with Gasteiger partial charge in [0.25, 0.3) is 5.91 Å². The van der Waals surface area contributed by atoms with E-state index >= 15 is 0 Å². The Kier molecular flexibility index (Phi) is 21.9. The molecule has 7 aromatic carbocycles. The molecule has 0 fully saturated rings. The molecule has 3 heterocycles. The van der Waals surface area contributed by atoms with Crippen LogP contribution in [0.25, 0.3) is 49.8 Å². The number of amides is 1. The Morgan fingerprint density at radius 2 is 0.686 bits per heavy atom. The van der Waals surface area contributed by atoms with Gasteiger partial charge in [-0.25, -0.2) is 23.0 Å². The minimum absolute atomic E-state index is 0.271. The standard InChI is InChI=1S/C23H21FN2O2.C22H20FN3O2.C22H19FN2O2.C16H19FO2/c1-15-18(4-3-5-19(15)24)23(22(27)28-2)10-8-16(9-11-23)17-6-7-20-21(14-17)26-13-12-25-20;1-14-17(3-2-4-18(14)23)22(21(27)26-28)9-7-15(8-10-22)16-5-6-19-20(13-16)25-12-11-24-19;1-14-17(3-2-4-18(14)23)22(21(26)27)9-7-15(8-10-22)16-5-6-19-20(13-16)25-12-11-24-19;1-11-7-9-16(10-8-11,15(18)19-3)13-5-4-6-14(17)12(13)2/h3-8,12-14H,9-11H2,1-2H3;2-7,11-13,28H,8-10H2,1H3,(H,26,27);2-7,11-13H,8-10H2,1H3,(H,26,27);4-7H,8-10H2,1-3H3. The number of esters is 2. The van der Waals surface area contributed by atoms with Gasteiger partial charge in [-0.05, 0) is 250 Å². The van der Waals surface area contributed by atoms with E-state index in [1.54, 1.807) is 107 Å². The highest BCUT2D eigenvalue weighted by Gasteiger charge is 2.47. The summed E-state index contributed by atoms with van der Waals surface area (Å²) in [6.45, 7) is 8.81. The zero-order valence-electron chi connectivity index (χ0n) is 57.9. The molecule has 0 radical (unpaired) electrons. The fourth-order valence-electron chi connectivity index (χ4n) is 15.0. The molecular formula is C83H79F4N7O8. The minimum atomic E-state index is -1.09. The van der Waals surface area contributed by atoms with E-state index in [1.165, 1.54) is 44.1 Å². The number of carboxylic acid groups (broad SMARTS) is 1. The van der Waals surface area contributed by atoms with Crippen LogP contribution >= 0.6 is 0 Å². The number of carboxylic acids is 1. The minimum Gasteiger partial charge on any atom is -0.481 e. The molecule has 14 rings (SSSR count). The number of hydrogen-bond donors (Lipinski definition) is 3. The van der Waals surface area contributed by atoms with Crippen molar-refractivity contribution in [3.05, 3.63) is 279 Å². The molecule has 10 aromatic rings. The second-order valence-electron chi connectivity index (χ2n) is 26.5. The number of halogens is 4. The Hall–Kier alpha value is -10.9. The van der Waals surface area contributed by atoms with E-state index < -0.39 is 33.5 Å². The number of aliphatic carboxylic acids is 1. The van der Waals surface area contributed by atoms with Crippen molar-refractivity contribution < 1.29 is 56.5 Å². The van der Waals surface area contributed by atoms with E-state index in [0.29, 0.717) is 110 Å². The van der Waals surface area contributed by atoms with Gasteiger partial charge in [0.1, 0.15) is 23.3 Å². The number of nitrogens with one attached hydrogen (secondary N) is 1. The van der Waals surface area contributed by atoms with Crippen molar-refractivity contribution in [2.24, 2.45) is 0 Å². The van der Waals surface area contributed by atoms with E-state index in [4.69, 9.17) is 9.47 Å². The van der Waals surface area contributed by atoms with Crippen LogP contribution in [0.3, 0.4) is 0 Å². The summed E-state index contributed by atoms with van der Waals surface area (Å²) in [6.07, 6.45) is 24.7. The zero-order valence-corrected chi connectivity index (χ0v) is 57.9. The quantitative estimate of drug-likeness (QED) is 0.0361. The second kappa shape index (κ2) is 30.9. The molecule has 4 atom stereocenters. The Bertz CT molecular complexity index is 4840. The van der Waals surface area contributed by atoms with Gasteiger partial charge in [0.15, 0.2) is 0 Å². The number of ether oxygens (including phenoxy) is 2. The number of allylic oxidation sites excluding steroid dienone is 8. The number of nitrogens with zero attached hydrogens (tertiary/aromatic N) is 6. The van der Waals surface area contributed by atoms with Crippen molar-refractivity contribution >= 4 is 73.6 Å². The summed E-state index contributed by atoms with van der Waals surface area (Å²) in [7, 11) is 2.78. The lowest BCUT2D eigenvalue weighted by atomic mass is 9.67.